The van der Waals surface area contributed by atoms with Gasteiger partial charge in [-0.2, -0.15) is 5.26 Å². The van der Waals surface area contributed by atoms with Crippen LogP contribution < -0.4 is 0 Å². The van der Waals surface area contributed by atoms with Gasteiger partial charge in [-0.15, -0.1) is 30.3 Å². The Morgan fingerprint density at radius 2 is 1.11 bits per heavy atom. The van der Waals surface area contributed by atoms with E-state index < -0.39 is 21.2 Å². The van der Waals surface area contributed by atoms with Gasteiger partial charge in [0.25, 0.3) is 15.3 Å². The molecule has 0 unspecified atom stereocenters. The molecule has 27 heavy (non-hydrogen) atoms. The quantitative estimate of drug-likeness (QED) is 0.304. The van der Waals surface area contributed by atoms with Crippen LogP contribution in [0.4, 0.5) is 0 Å². The summed E-state index contributed by atoms with van der Waals surface area (Å²) in [6.45, 7) is 1.43. The fraction of sp³-hybridized carbons (Fsp3) is 0.273. The van der Waals surface area contributed by atoms with Crippen molar-refractivity contribution >= 4 is 5.97 Å². The van der Waals surface area contributed by atoms with Gasteiger partial charge in [0.2, 0.25) is 0 Å². The fourth-order valence-corrected chi connectivity index (χ4v) is 0.581. The maximum atomic E-state index is 10.2. The third-order valence-electron chi connectivity index (χ3n) is 1.02. The van der Waals surface area contributed by atoms with E-state index in [-0.39, 0.29) is 56.6 Å². The first-order chi connectivity index (χ1) is 10.9. The zero-order chi connectivity index (χ0) is 20.1. The summed E-state index contributed by atoms with van der Waals surface area (Å²) in [5.74, 6) is -0.879. The van der Waals surface area contributed by atoms with E-state index in [0.717, 1.165) is 0 Å². The molecule has 0 radical (unpaired) electrons. The molecule has 0 fully saturated rings. The summed E-state index contributed by atoms with van der Waals surface area (Å²) >= 11 is 0. The number of rotatable bonds is 1. The first kappa shape index (κ1) is 44.0. The van der Waals surface area contributed by atoms with Crippen LogP contribution in [0.5, 0.6) is 0 Å². The van der Waals surface area contributed by atoms with E-state index in [1.165, 1.54) is 6.92 Å². The van der Waals surface area contributed by atoms with E-state index in [1.807, 2.05) is 0 Å². The average Bonchev–Trinajstić information content (AvgIpc) is 2.38. The number of aromatic carboxylic acids is 1. The molecular weight excluding hydrogens is 504 g/mol. The van der Waals surface area contributed by atoms with Crippen molar-refractivity contribution in [3.8, 4) is 6.07 Å². The van der Waals surface area contributed by atoms with Gasteiger partial charge in [-0.3, -0.25) is 0 Å². The molecule has 0 saturated heterocycles. The van der Waals surface area contributed by atoms with E-state index >= 15 is 0 Å². The second-order valence-electron chi connectivity index (χ2n) is 2.61. The topological polar surface area (TPSA) is 251 Å². The fourth-order valence-electron chi connectivity index (χ4n) is 0.581. The summed E-state index contributed by atoms with van der Waals surface area (Å²) in [6, 6.07) is 10.0. The summed E-state index contributed by atoms with van der Waals surface area (Å²) in [4.78, 5) is 35.3. The smallest absolute Gasteiger partial charge is 0.335 e. The van der Waals surface area contributed by atoms with Crippen LogP contribution in [0.1, 0.15) is 32.1 Å². The van der Waals surface area contributed by atoms with Gasteiger partial charge in [0.1, 0.15) is 0 Å². The third-order valence-corrected chi connectivity index (χ3v) is 1.02. The summed E-state index contributed by atoms with van der Waals surface area (Å²) < 4.78 is 0. The van der Waals surface area contributed by atoms with Crippen LogP contribution >= 0.6 is 0 Å². The summed E-state index contributed by atoms with van der Waals surface area (Å²) in [5, 5.41) is 56.6. The number of carbonyl (C=O) groups is 1. The van der Waals surface area contributed by atoms with E-state index in [1.54, 1.807) is 36.4 Å². The molecule has 0 aliphatic rings. The molecular formula is C11H20CeN4O11. The molecule has 154 valence electrons. The number of hydrogen-bond donors (Lipinski definition) is 4. The summed E-state index contributed by atoms with van der Waals surface area (Å²) in [6.07, 6.45) is 0. The van der Waals surface area contributed by atoms with Crippen molar-refractivity contribution in [2.24, 2.45) is 0 Å². The van der Waals surface area contributed by atoms with E-state index in [2.05, 4.69) is 0 Å². The third kappa shape index (κ3) is 124. The van der Waals surface area contributed by atoms with Gasteiger partial charge < -0.3 is 20.7 Å². The normalized spacial score (nSPS) is 5.93. The predicted octanol–water partition coefficient (Wildman–Crippen LogP) is 2.14. The zero-order valence-electron chi connectivity index (χ0n) is 12.3. The Balaban J connectivity index is -0.0000000390. The van der Waals surface area contributed by atoms with Crippen molar-refractivity contribution in [3.05, 3.63) is 66.2 Å². The molecule has 1 rings (SSSR count). The summed E-state index contributed by atoms with van der Waals surface area (Å²) in [7, 11) is 0. The minimum Gasteiger partial charge on any atom is -0.478 e. The van der Waals surface area contributed by atoms with Gasteiger partial charge >= 0.3 is 5.97 Å². The van der Waals surface area contributed by atoms with E-state index in [0.29, 0.717) is 5.56 Å². The average molecular weight is 524 g/mol. The maximum absolute atomic E-state index is 10.2. The number of nitriles is 1. The van der Waals surface area contributed by atoms with E-state index in [9.17, 15) is 4.79 Å². The molecule has 0 atom stereocenters. The number of carboxylic acids is 1. The van der Waals surface area contributed by atoms with Gasteiger partial charge in [-0.1, -0.05) is 33.1 Å². The van der Waals surface area contributed by atoms with Crippen molar-refractivity contribution in [1.82, 2.24) is 0 Å². The molecule has 0 amide bonds. The van der Waals surface area contributed by atoms with Crippen molar-refractivity contribution in [1.29, 1.82) is 5.26 Å². The minimum absolute atomic E-state index is 0. The first-order valence-electron chi connectivity index (χ1n) is 5.01. The van der Waals surface area contributed by atoms with E-state index in [4.69, 9.17) is 56.3 Å². The van der Waals surface area contributed by atoms with Crippen LogP contribution in [0.15, 0.2) is 30.3 Å². The van der Waals surface area contributed by atoms with Crippen LogP contribution in [-0.4, -0.2) is 42.0 Å². The molecule has 1 aromatic rings. The zero-order valence-corrected chi connectivity index (χ0v) is 15.5. The van der Waals surface area contributed by atoms with Crippen LogP contribution in [0, 0.1) is 83.4 Å². The largest absolute Gasteiger partial charge is 0.478 e. The number of benzene rings is 1. The Morgan fingerprint density at radius 1 is 0.926 bits per heavy atom. The van der Waals surface area contributed by atoms with Crippen molar-refractivity contribution in [2.45, 2.75) is 21.8 Å². The Morgan fingerprint density at radius 3 is 1.22 bits per heavy atom. The maximum Gasteiger partial charge on any atom is 0.335 e. The molecule has 0 heterocycles. The molecule has 0 aromatic heterocycles. The molecule has 15 nitrogen and oxygen atoms in total. The SMILES string of the molecule is C.C.CC#N.O=C(O)c1ccccc1.O=[N+]([O-])O.O=[N+]([O-])O.O=[N+]([O-])O.[Ce]. The van der Waals surface area contributed by atoms with Gasteiger partial charge in [-0.05, 0) is 12.1 Å². The molecule has 16 heteroatoms. The minimum atomic E-state index is -1.50. The molecule has 0 spiro atoms. The number of nitrogens with zero attached hydrogens (tertiary/aromatic N) is 4. The molecule has 0 bridgehead atoms. The van der Waals surface area contributed by atoms with Crippen LogP contribution in [0.3, 0.4) is 0 Å². The Bertz CT molecular complexity index is 496. The molecule has 0 aliphatic carbocycles. The second kappa shape index (κ2) is 34.5. The second-order valence-corrected chi connectivity index (χ2v) is 2.61. The molecule has 0 saturated carbocycles. The van der Waals surface area contributed by atoms with Crippen LogP contribution in [0.2, 0.25) is 0 Å². The Labute approximate surface area is 187 Å². The van der Waals surface area contributed by atoms with Crippen molar-refractivity contribution in [3.63, 3.8) is 0 Å². The molecule has 0 aliphatic heterocycles. The molecule has 4 N–H and O–H groups in total. The van der Waals surface area contributed by atoms with Crippen LogP contribution in [0.25, 0.3) is 0 Å². The van der Waals surface area contributed by atoms with Crippen LogP contribution in [-0.2, 0) is 0 Å². The van der Waals surface area contributed by atoms with Gasteiger partial charge in [0.15, 0.2) is 0 Å². The predicted molar refractivity (Wildman–Crippen MR) is 84.5 cm³/mol. The van der Waals surface area contributed by atoms with Crippen molar-refractivity contribution < 1.29 is 82.5 Å². The Kier molecular flexibility index (Phi) is 56.2. The monoisotopic (exact) mass is 524 g/mol. The summed E-state index contributed by atoms with van der Waals surface area (Å²) in [5.41, 5.74) is 0.331. The Hall–Kier alpha value is -2.84. The van der Waals surface area contributed by atoms with Crippen molar-refractivity contribution in [2.75, 3.05) is 0 Å². The van der Waals surface area contributed by atoms with Gasteiger partial charge in [0, 0.05) is 48.7 Å². The first-order valence-corrected chi connectivity index (χ1v) is 5.01. The standard InChI is InChI=1S/C7H6O2.C2H3N.2CH4.Ce.3HNO3/c8-7(9)6-4-2-1-3-5-6;1-2-3;;;;3*2-1(3)4/h1-5H,(H,8,9);1H3;2*1H4;;3*(H,2,3,4). The van der Waals surface area contributed by atoms with Gasteiger partial charge in [0.05, 0.1) is 11.6 Å². The number of carboxylic acid groups (broad SMARTS) is 1. The molecule has 1 aromatic carbocycles. The van der Waals surface area contributed by atoms with Gasteiger partial charge in [-0.25, -0.2) is 4.79 Å². The number of hydrogen-bond acceptors (Lipinski definition) is 8.